The van der Waals surface area contributed by atoms with Gasteiger partial charge in [-0.3, -0.25) is 4.79 Å². The highest BCUT2D eigenvalue weighted by Crippen LogP contribution is 2.40. The molecule has 0 N–H and O–H groups in total. The average molecular weight is 217 g/mol. The van der Waals surface area contributed by atoms with Crippen LogP contribution in [0.5, 0.6) is 0 Å². The minimum atomic E-state index is -2.77. The van der Waals surface area contributed by atoms with Crippen molar-refractivity contribution in [1.29, 1.82) is 0 Å². The Bertz CT molecular complexity index is 261. The van der Waals surface area contributed by atoms with Crippen LogP contribution in [0.15, 0.2) is 0 Å². The molecule has 2 nitrogen and oxygen atoms in total. The molecule has 0 unspecified atom stereocenters. The molecule has 1 aliphatic carbocycles. The van der Waals surface area contributed by atoms with Gasteiger partial charge in [0.25, 0.3) is 5.92 Å². The molecular weight excluding hydrogens is 200 g/mol. The molecule has 2 fully saturated rings. The van der Waals surface area contributed by atoms with Crippen molar-refractivity contribution in [3.63, 3.8) is 0 Å². The number of carbonyl (C=O) groups excluding carboxylic acids is 1. The Morgan fingerprint density at radius 3 is 2.53 bits per heavy atom. The van der Waals surface area contributed by atoms with Gasteiger partial charge in [0.1, 0.15) is 5.92 Å². The van der Waals surface area contributed by atoms with Crippen LogP contribution in [-0.2, 0) is 4.79 Å². The molecule has 0 aromatic rings. The van der Waals surface area contributed by atoms with Crippen molar-refractivity contribution in [2.75, 3.05) is 13.1 Å². The summed E-state index contributed by atoms with van der Waals surface area (Å²) in [6, 6.07) is 0. The topological polar surface area (TPSA) is 20.3 Å². The summed E-state index contributed by atoms with van der Waals surface area (Å²) in [5.74, 6) is -3.66. The number of hydrogen-bond acceptors (Lipinski definition) is 1. The smallest absolute Gasteiger partial charge is 0.259 e. The zero-order chi connectivity index (χ0) is 11.1. The summed E-state index contributed by atoms with van der Waals surface area (Å²) < 4.78 is 27.0. The van der Waals surface area contributed by atoms with Crippen molar-refractivity contribution < 1.29 is 13.6 Å². The molecule has 2 aliphatic rings. The van der Waals surface area contributed by atoms with Crippen LogP contribution < -0.4 is 0 Å². The molecule has 1 heterocycles. The van der Waals surface area contributed by atoms with E-state index in [-0.39, 0.29) is 12.3 Å². The first-order valence-electron chi connectivity index (χ1n) is 5.67. The molecule has 0 aromatic heterocycles. The van der Waals surface area contributed by atoms with Gasteiger partial charge in [0.05, 0.1) is 0 Å². The van der Waals surface area contributed by atoms with Crippen molar-refractivity contribution >= 4 is 5.91 Å². The van der Waals surface area contributed by atoms with Gasteiger partial charge in [-0.15, -0.1) is 0 Å². The number of nitrogens with zero attached hydrogens (tertiary/aromatic N) is 1. The van der Waals surface area contributed by atoms with Crippen molar-refractivity contribution in [2.24, 2.45) is 11.8 Å². The van der Waals surface area contributed by atoms with Crippen LogP contribution in [-0.4, -0.2) is 29.8 Å². The first-order chi connectivity index (χ1) is 7.00. The minimum Gasteiger partial charge on any atom is -0.342 e. The largest absolute Gasteiger partial charge is 0.342 e. The fourth-order valence-corrected chi connectivity index (χ4v) is 2.50. The van der Waals surface area contributed by atoms with Gasteiger partial charge in [0.2, 0.25) is 5.91 Å². The maximum Gasteiger partial charge on any atom is 0.259 e. The Labute approximate surface area is 88.6 Å². The third kappa shape index (κ3) is 1.99. The lowest BCUT2D eigenvalue weighted by atomic mass is 9.83. The lowest BCUT2D eigenvalue weighted by Gasteiger charge is -2.41. The Kier molecular flexibility index (Phi) is 2.69. The maximum absolute atomic E-state index is 13.5. The molecule has 1 aliphatic heterocycles. The highest BCUT2D eigenvalue weighted by Gasteiger charge is 2.48. The monoisotopic (exact) mass is 217 g/mol. The van der Waals surface area contributed by atoms with E-state index < -0.39 is 11.8 Å². The fraction of sp³-hybridized carbons (Fsp3) is 0.909. The Morgan fingerprint density at radius 1 is 1.33 bits per heavy atom. The van der Waals surface area contributed by atoms with Gasteiger partial charge in [-0.1, -0.05) is 13.3 Å². The second kappa shape index (κ2) is 3.72. The molecule has 1 saturated carbocycles. The van der Waals surface area contributed by atoms with Crippen LogP contribution in [0.4, 0.5) is 8.78 Å². The highest BCUT2D eigenvalue weighted by molar-refractivity contribution is 5.80. The van der Waals surface area contributed by atoms with Crippen LogP contribution in [0, 0.1) is 11.8 Å². The van der Waals surface area contributed by atoms with Crippen molar-refractivity contribution in [3.8, 4) is 0 Å². The number of hydrogen-bond donors (Lipinski definition) is 0. The number of carbonyl (C=O) groups is 1. The fourth-order valence-electron chi connectivity index (χ4n) is 2.50. The van der Waals surface area contributed by atoms with Gasteiger partial charge in [0, 0.05) is 19.5 Å². The molecule has 1 saturated heterocycles. The van der Waals surface area contributed by atoms with E-state index in [1.165, 1.54) is 0 Å². The van der Waals surface area contributed by atoms with E-state index in [1.807, 2.05) is 6.92 Å². The summed E-state index contributed by atoms with van der Waals surface area (Å²) in [4.78, 5) is 13.4. The molecule has 15 heavy (non-hydrogen) atoms. The highest BCUT2D eigenvalue weighted by atomic mass is 19.3. The Morgan fingerprint density at radius 2 is 2.00 bits per heavy atom. The van der Waals surface area contributed by atoms with Gasteiger partial charge >= 0.3 is 0 Å². The summed E-state index contributed by atoms with van der Waals surface area (Å²) in [6.07, 6.45) is 1.55. The first kappa shape index (κ1) is 10.8. The van der Waals surface area contributed by atoms with E-state index in [0.29, 0.717) is 31.8 Å². The molecule has 0 radical (unpaired) electrons. The number of rotatable bonds is 1. The summed E-state index contributed by atoms with van der Waals surface area (Å²) in [5, 5.41) is 0. The minimum absolute atomic E-state index is 0.118. The SMILES string of the molecule is CC1CN(C(=O)[C@H]2CCCCC2(F)F)C1. The first-order valence-corrected chi connectivity index (χ1v) is 5.67. The van der Waals surface area contributed by atoms with Gasteiger partial charge < -0.3 is 4.90 Å². The quantitative estimate of drug-likeness (QED) is 0.660. The van der Waals surface area contributed by atoms with Crippen LogP contribution >= 0.6 is 0 Å². The second-order valence-electron chi connectivity index (χ2n) is 4.91. The van der Waals surface area contributed by atoms with E-state index in [2.05, 4.69) is 0 Å². The maximum atomic E-state index is 13.5. The van der Waals surface area contributed by atoms with Crippen LogP contribution in [0.2, 0.25) is 0 Å². The van der Waals surface area contributed by atoms with Gasteiger partial charge in [-0.05, 0) is 18.8 Å². The summed E-state index contributed by atoms with van der Waals surface area (Å²) in [6.45, 7) is 3.35. The Hall–Kier alpha value is -0.670. The molecule has 0 spiro atoms. The van der Waals surface area contributed by atoms with Gasteiger partial charge in [-0.25, -0.2) is 8.78 Å². The molecule has 4 heteroatoms. The zero-order valence-electron chi connectivity index (χ0n) is 9.01. The second-order valence-corrected chi connectivity index (χ2v) is 4.91. The average Bonchev–Trinajstić information content (AvgIpc) is 2.11. The van der Waals surface area contributed by atoms with Crippen molar-refractivity contribution in [2.45, 2.75) is 38.5 Å². The molecule has 1 amide bonds. The van der Waals surface area contributed by atoms with Gasteiger partial charge in [-0.2, -0.15) is 0 Å². The zero-order valence-corrected chi connectivity index (χ0v) is 9.01. The summed E-state index contributed by atoms with van der Waals surface area (Å²) in [7, 11) is 0. The molecular formula is C11H17F2NO. The third-order valence-electron chi connectivity index (χ3n) is 3.44. The number of amides is 1. The molecule has 1 atom stereocenters. The molecule has 0 bridgehead atoms. The van der Waals surface area contributed by atoms with E-state index >= 15 is 0 Å². The lowest BCUT2D eigenvalue weighted by molar-refractivity contribution is -0.161. The molecule has 2 rings (SSSR count). The number of likely N-dealkylation sites (tertiary alicyclic amines) is 1. The van der Waals surface area contributed by atoms with Crippen LogP contribution in [0.3, 0.4) is 0 Å². The third-order valence-corrected chi connectivity index (χ3v) is 3.44. The Balaban J connectivity index is 1.99. The van der Waals surface area contributed by atoms with Crippen LogP contribution in [0.1, 0.15) is 32.6 Å². The summed E-state index contributed by atoms with van der Waals surface area (Å²) >= 11 is 0. The number of alkyl halides is 2. The van der Waals surface area contributed by atoms with Crippen LogP contribution in [0.25, 0.3) is 0 Å². The number of halogens is 2. The summed E-state index contributed by atoms with van der Waals surface area (Å²) in [5.41, 5.74) is 0. The van der Waals surface area contributed by atoms with E-state index in [1.54, 1.807) is 4.90 Å². The van der Waals surface area contributed by atoms with E-state index in [9.17, 15) is 13.6 Å². The predicted molar refractivity (Wildman–Crippen MR) is 52.6 cm³/mol. The molecule has 0 aromatic carbocycles. The predicted octanol–water partition coefficient (Wildman–Crippen LogP) is 2.29. The van der Waals surface area contributed by atoms with Gasteiger partial charge in [0.15, 0.2) is 0 Å². The van der Waals surface area contributed by atoms with E-state index in [4.69, 9.17) is 0 Å². The van der Waals surface area contributed by atoms with Crippen molar-refractivity contribution in [3.05, 3.63) is 0 Å². The normalized spacial score (nSPS) is 31.1. The van der Waals surface area contributed by atoms with E-state index in [0.717, 1.165) is 6.42 Å². The lowest BCUT2D eigenvalue weighted by Crippen LogP contribution is -2.54. The van der Waals surface area contributed by atoms with Crippen molar-refractivity contribution in [1.82, 2.24) is 4.90 Å². The standard InChI is InChI=1S/C11H17F2NO/c1-8-6-14(7-8)10(15)9-4-2-3-5-11(9,12)13/h8-9H,2-7H2,1H3/t9-/m1/s1. The molecule has 86 valence electrons.